The van der Waals surface area contributed by atoms with Crippen molar-refractivity contribution < 1.29 is 8.78 Å². The Bertz CT molecular complexity index is 796. The highest BCUT2D eigenvalue weighted by atomic mass is 32.1. The van der Waals surface area contributed by atoms with Crippen LogP contribution in [0.5, 0.6) is 0 Å². The molecule has 0 unspecified atom stereocenters. The number of nitrogens with two attached hydrogens (primary N) is 1. The lowest BCUT2D eigenvalue weighted by molar-refractivity contribution is 0.510. The summed E-state index contributed by atoms with van der Waals surface area (Å²) >= 11 is 1.58. The number of nitrogen functional groups attached to an aromatic ring is 1. The third kappa shape index (κ3) is 1.57. The lowest BCUT2D eigenvalue weighted by Gasteiger charge is -1.98. The fourth-order valence-electron chi connectivity index (χ4n) is 2.81. The van der Waals surface area contributed by atoms with Gasteiger partial charge in [-0.05, 0) is 24.8 Å². The van der Waals surface area contributed by atoms with Gasteiger partial charge in [0.25, 0.3) is 0 Å². The molecule has 0 amide bonds. The van der Waals surface area contributed by atoms with Gasteiger partial charge in [0.15, 0.2) is 11.6 Å². The van der Waals surface area contributed by atoms with Crippen LogP contribution in [-0.2, 0) is 12.8 Å². The van der Waals surface area contributed by atoms with Crippen molar-refractivity contribution in [3.63, 3.8) is 0 Å². The molecule has 1 aromatic carbocycles. The van der Waals surface area contributed by atoms with Crippen LogP contribution in [0.2, 0.25) is 0 Å². The Morgan fingerprint density at radius 2 is 2.00 bits per heavy atom. The van der Waals surface area contributed by atoms with E-state index in [0.717, 1.165) is 42.0 Å². The quantitative estimate of drug-likeness (QED) is 0.719. The monoisotopic (exact) mass is 291 g/mol. The number of nitrogens with zero attached hydrogens (tertiary/aromatic N) is 1. The average Bonchev–Trinajstić information content (AvgIpc) is 3.03. The minimum absolute atomic E-state index is 0.413. The molecule has 0 spiro atoms. The summed E-state index contributed by atoms with van der Waals surface area (Å²) in [7, 11) is 0. The molecule has 0 saturated heterocycles. The number of aromatic nitrogens is 2. The van der Waals surface area contributed by atoms with E-state index in [1.165, 1.54) is 10.4 Å². The predicted octanol–water partition coefficient (Wildman–Crippen LogP) is 3.64. The van der Waals surface area contributed by atoms with E-state index >= 15 is 0 Å². The van der Waals surface area contributed by atoms with Crippen LogP contribution in [0.1, 0.15) is 16.9 Å². The summed E-state index contributed by atoms with van der Waals surface area (Å²) in [6, 6.07) is 2.23. The first-order valence-corrected chi connectivity index (χ1v) is 7.20. The minimum Gasteiger partial charge on any atom is -0.390 e. The maximum atomic E-state index is 13.3. The Kier molecular flexibility index (Phi) is 2.38. The summed E-state index contributed by atoms with van der Waals surface area (Å²) in [5, 5.41) is 0.717. The minimum atomic E-state index is -0.890. The number of halogens is 2. The highest BCUT2D eigenvalue weighted by Crippen LogP contribution is 2.42. The van der Waals surface area contributed by atoms with Crippen LogP contribution in [-0.4, -0.2) is 9.97 Å². The number of aromatic amines is 1. The number of rotatable bonds is 1. The molecule has 0 bridgehead atoms. The molecule has 6 heteroatoms. The van der Waals surface area contributed by atoms with Gasteiger partial charge >= 0.3 is 0 Å². The molecule has 0 aliphatic heterocycles. The van der Waals surface area contributed by atoms with Crippen LogP contribution in [0.4, 0.5) is 13.8 Å². The summed E-state index contributed by atoms with van der Waals surface area (Å²) in [5.74, 6) is -1.17. The first-order valence-electron chi connectivity index (χ1n) is 6.38. The summed E-state index contributed by atoms with van der Waals surface area (Å²) in [6.45, 7) is 0. The molecule has 1 aliphatic rings. The molecule has 2 heterocycles. The molecule has 20 heavy (non-hydrogen) atoms. The first kappa shape index (κ1) is 11.8. The highest BCUT2D eigenvalue weighted by Gasteiger charge is 2.24. The van der Waals surface area contributed by atoms with Crippen LogP contribution in [0.3, 0.4) is 0 Å². The topological polar surface area (TPSA) is 54.7 Å². The maximum absolute atomic E-state index is 13.3. The standard InChI is InChI=1S/C14H11F2N3S/c15-7-4-9-10(5-8(7)16)19-14(18-9)12-6-2-1-3-11(6)20-13(12)17/h4-5H,1-3,17H2,(H,18,19). The molecule has 0 saturated carbocycles. The number of thiophene rings is 1. The number of anilines is 1. The smallest absolute Gasteiger partial charge is 0.161 e. The van der Waals surface area contributed by atoms with Crippen LogP contribution < -0.4 is 5.73 Å². The largest absolute Gasteiger partial charge is 0.390 e. The number of imidazole rings is 1. The van der Waals surface area contributed by atoms with Crippen molar-refractivity contribution >= 4 is 27.4 Å². The zero-order chi connectivity index (χ0) is 13.9. The molecule has 0 radical (unpaired) electrons. The molecule has 2 aromatic heterocycles. The molecular weight excluding hydrogens is 280 g/mol. The van der Waals surface area contributed by atoms with Crippen molar-refractivity contribution in [2.75, 3.05) is 5.73 Å². The fourth-order valence-corrected chi connectivity index (χ4v) is 3.97. The molecule has 3 nitrogen and oxygen atoms in total. The van der Waals surface area contributed by atoms with Crippen LogP contribution in [0.15, 0.2) is 12.1 Å². The number of benzene rings is 1. The van der Waals surface area contributed by atoms with Gasteiger partial charge in [-0.3, -0.25) is 0 Å². The van der Waals surface area contributed by atoms with Gasteiger partial charge in [0.05, 0.1) is 21.6 Å². The van der Waals surface area contributed by atoms with E-state index in [1.54, 1.807) is 11.3 Å². The van der Waals surface area contributed by atoms with Crippen LogP contribution in [0, 0.1) is 11.6 Å². The Labute approximate surface area is 117 Å². The Balaban J connectivity index is 1.95. The van der Waals surface area contributed by atoms with E-state index in [2.05, 4.69) is 9.97 Å². The Hall–Kier alpha value is -1.95. The van der Waals surface area contributed by atoms with E-state index in [1.807, 2.05) is 0 Å². The van der Waals surface area contributed by atoms with Gasteiger partial charge in [0.1, 0.15) is 5.82 Å². The molecular formula is C14H11F2N3S. The Morgan fingerprint density at radius 1 is 1.20 bits per heavy atom. The van der Waals surface area contributed by atoms with E-state index in [0.29, 0.717) is 16.9 Å². The molecule has 4 rings (SSSR count). The molecule has 3 aromatic rings. The van der Waals surface area contributed by atoms with Crippen molar-refractivity contribution in [3.05, 3.63) is 34.2 Å². The second-order valence-electron chi connectivity index (χ2n) is 4.97. The SMILES string of the molecule is Nc1sc2c(c1-c1nc3cc(F)c(F)cc3[nH]1)CCC2. The maximum Gasteiger partial charge on any atom is 0.161 e. The zero-order valence-corrected chi connectivity index (χ0v) is 11.3. The van der Waals surface area contributed by atoms with Crippen molar-refractivity contribution in [1.29, 1.82) is 0 Å². The number of hydrogen-bond donors (Lipinski definition) is 2. The highest BCUT2D eigenvalue weighted by molar-refractivity contribution is 7.16. The second-order valence-corrected chi connectivity index (χ2v) is 6.10. The number of hydrogen-bond acceptors (Lipinski definition) is 3. The van der Waals surface area contributed by atoms with Crippen LogP contribution >= 0.6 is 11.3 Å². The lowest BCUT2D eigenvalue weighted by atomic mass is 10.1. The van der Waals surface area contributed by atoms with Gasteiger partial charge in [0.2, 0.25) is 0 Å². The summed E-state index contributed by atoms with van der Waals surface area (Å²) in [5.41, 5.74) is 9.10. The van der Waals surface area contributed by atoms with Gasteiger partial charge < -0.3 is 10.7 Å². The lowest BCUT2D eigenvalue weighted by Crippen LogP contribution is -1.89. The average molecular weight is 291 g/mol. The molecule has 3 N–H and O–H groups in total. The van der Waals surface area contributed by atoms with Gasteiger partial charge in [-0.15, -0.1) is 11.3 Å². The summed E-state index contributed by atoms with van der Waals surface area (Å²) in [4.78, 5) is 8.71. The molecule has 0 atom stereocenters. The van der Waals surface area contributed by atoms with Crippen molar-refractivity contribution in [1.82, 2.24) is 9.97 Å². The number of H-pyrrole nitrogens is 1. The zero-order valence-electron chi connectivity index (χ0n) is 10.5. The normalized spacial score (nSPS) is 14.1. The summed E-state index contributed by atoms with van der Waals surface area (Å²) < 4.78 is 26.5. The van der Waals surface area contributed by atoms with Gasteiger partial charge in [-0.1, -0.05) is 0 Å². The number of nitrogens with one attached hydrogen (secondary N) is 1. The second kappa shape index (κ2) is 4.02. The van der Waals surface area contributed by atoms with Gasteiger partial charge in [0, 0.05) is 17.0 Å². The van der Waals surface area contributed by atoms with E-state index in [4.69, 9.17) is 5.73 Å². The fraction of sp³-hybridized carbons (Fsp3) is 0.214. The van der Waals surface area contributed by atoms with Gasteiger partial charge in [-0.25, -0.2) is 13.8 Å². The third-order valence-electron chi connectivity index (χ3n) is 3.71. The molecule has 102 valence electrons. The molecule has 1 aliphatic carbocycles. The first-order chi connectivity index (χ1) is 9.63. The molecule has 0 fully saturated rings. The number of aryl methyl sites for hydroxylation is 1. The Morgan fingerprint density at radius 3 is 2.85 bits per heavy atom. The summed E-state index contributed by atoms with van der Waals surface area (Å²) in [6.07, 6.45) is 3.16. The van der Waals surface area contributed by atoms with E-state index in [9.17, 15) is 8.78 Å². The van der Waals surface area contributed by atoms with Gasteiger partial charge in [-0.2, -0.15) is 0 Å². The third-order valence-corrected chi connectivity index (χ3v) is 4.83. The number of fused-ring (bicyclic) bond motifs is 2. The van der Waals surface area contributed by atoms with Crippen molar-refractivity contribution in [3.8, 4) is 11.4 Å². The van der Waals surface area contributed by atoms with E-state index < -0.39 is 11.6 Å². The predicted molar refractivity (Wildman–Crippen MR) is 75.8 cm³/mol. The van der Waals surface area contributed by atoms with Crippen molar-refractivity contribution in [2.45, 2.75) is 19.3 Å². The van der Waals surface area contributed by atoms with E-state index in [-0.39, 0.29) is 0 Å². The van der Waals surface area contributed by atoms with Crippen LogP contribution in [0.25, 0.3) is 22.4 Å². The van der Waals surface area contributed by atoms with Crippen molar-refractivity contribution in [2.24, 2.45) is 0 Å².